The Kier molecular flexibility index (Phi) is 4.83. The minimum atomic E-state index is 0.491. The highest BCUT2D eigenvalue weighted by Crippen LogP contribution is 2.32. The number of fused-ring (bicyclic) bond motifs is 1. The highest BCUT2D eigenvalue weighted by atomic mass is 16.5. The number of benzene rings is 1. The summed E-state index contributed by atoms with van der Waals surface area (Å²) in [4.78, 5) is 8.52. The summed E-state index contributed by atoms with van der Waals surface area (Å²) in [5.74, 6) is 0.742. The van der Waals surface area contributed by atoms with Gasteiger partial charge in [-0.25, -0.2) is 4.98 Å². The van der Waals surface area contributed by atoms with Crippen LogP contribution in [0.25, 0.3) is 22.4 Å². The largest absolute Gasteiger partial charge is 0.382 e. The predicted octanol–water partition coefficient (Wildman–Crippen LogP) is 3.43. The third-order valence-corrected chi connectivity index (χ3v) is 3.63. The minimum absolute atomic E-state index is 0.491. The maximum Gasteiger partial charge on any atom is 0.263 e. The van der Waals surface area contributed by atoms with Crippen LogP contribution in [0.5, 0.6) is 0 Å². The normalized spacial score (nSPS) is 11.0. The fourth-order valence-corrected chi connectivity index (χ4v) is 2.47. The van der Waals surface area contributed by atoms with Crippen molar-refractivity contribution in [3.63, 3.8) is 0 Å². The molecule has 0 saturated carbocycles. The first-order valence-electron chi connectivity index (χ1n) is 7.79. The van der Waals surface area contributed by atoms with E-state index in [-0.39, 0.29) is 0 Å². The maximum atomic E-state index is 5.38. The van der Waals surface area contributed by atoms with Crippen LogP contribution >= 0.6 is 0 Å². The molecule has 0 aliphatic heterocycles. The summed E-state index contributed by atoms with van der Waals surface area (Å²) >= 11 is 0. The van der Waals surface area contributed by atoms with Gasteiger partial charge in [-0.15, -0.1) is 0 Å². The molecular formula is C17H20N4O2. The number of hydrogen-bond donors (Lipinski definition) is 1. The number of aryl methyl sites for hydroxylation is 1. The minimum Gasteiger partial charge on any atom is -0.382 e. The molecule has 6 nitrogen and oxygen atoms in total. The van der Waals surface area contributed by atoms with Crippen LogP contribution in [-0.4, -0.2) is 34.9 Å². The summed E-state index contributed by atoms with van der Waals surface area (Å²) in [6, 6.07) is 8.07. The third kappa shape index (κ3) is 3.32. The van der Waals surface area contributed by atoms with Gasteiger partial charge in [-0.05, 0) is 25.8 Å². The monoisotopic (exact) mass is 312 g/mol. The van der Waals surface area contributed by atoms with Gasteiger partial charge in [0.05, 0.1) is 0 Å². The van der Waals surface area contributed by atoms with E-state index in [1.165, 1.54) is 6.33 Å². The second-order valence-corrected chi connectivity index (χ2v) is 5.23. The van der Waals surface area contributed by atoms with Gasteiger partial charge in [0.2, 0.25) is 0 Å². The molecule has 0 aliphatic carbocycles. The number of nitrogens with zero attached hydrogens (tertiary/aromatic N) is 3. The van der Waals surface area contributed by atoms with Crippen molar-refractivity contribution >= 4 is 16.9 Å². The molecule has 6 heteroatoms. The lowest BCUT2D eigenvalue weighted by atomic mass is 10.0. The highest BCUT2D eigenvalue weighted by Gasteiger charge is 2.17. The van der Waals surface area contributed by atoms with Gasteiger partial charge in [0.1, 0.15) is 23.2 Å². The summed E-state index contributed by atoms with van der Waals surface area (Å²) < 4.78 is 10.7. The summed E-state index contributed by atoms with van der Waals surface area (Å²) in [5.41, 5.74) is 3.42. The fourth-order valence-electron chi connectivity index (χ4n) is 2.47. The van der Waals surface area contributed by atoms with Gasteiger partial charge < -0.3 is 14.6 Å². The van der Waals surface area contributed by atoms with Crippen LogP contribution in [0.2, 0.25) is 0 Å². The average Bonchev–Trinajstić information content (AvgIpc) is 3.00. The first-order valence-corrected chi connectivity index (χ1v) is 7.79. The molecule has 0 unspecified atom stereocenters. The van der Waals surface area contributed by atoms with E-state index >= 15 is 0 Å². The molecule has 1 N–H and O–H groups in total. The van der Waals surface area contributed by atoms with Crippen molar-refractivity contribution in [2.24, 2.45) is 0 Å². The van der Waals surface area contributed by atoms with Crippen molar-refractivity contribution in [1.29, 1.82) is 0 Å². The Morgan fingerprint density at radius 1 is 1.22 bits per heavy atom. The van der Waals surface area contributed by atoms with Gasteiger partial charge in [0.25, 0.3) is 5.71 Å². The van der Waals surface area contributed by atoms with E-state index in [0.29, 0.717) is 5.71 Å². The topological polar surface area (TPSA) is 73.1 Å². The molecule has 3 aromatic rings. The molecular weight excluding hydrogens is 292 g/mol. The fraction of sp³-hybridized carbons (Fsp3) is 0.353. The third-order valence-electron chi connectivity index (χ3n) is 3.63. The van der Waals surface area contributed by atoms with Crippen molar-refractivity contribution < 1.29 is 9.26 Å². The van der Waals surface area contributed by atoms with E-state index in [1.54, 1.807) is 0 Å². The number of nitrogens with one attached hydrogen (secondary N) is 1. The van der Waals surface area contributed by atoms with Gasteiger partial charge in [-0.3, -0.25) is 0 Å². The Morgan fingerprint density at radius 3 is 2.91 bits per heavy atom. The van der Waals surface area contributed by atoms with E-state index < -0.39 is 0 Å². The average molecular weight is 312 g/mol. The lowest BCUT2D eigenvalue weighted by Gasteiger charge is -2.07. The molecule has 0 aliphatic rings. The summed E-state index contributed by atoms with van der Waals surface area (Å²) in [6.07, 6.45) is 2.39. The zero-order valence-electron chi connectivity index (χ0n) is 13.4. The molecule has 2 heterocycles. The Labute approximate surface area is 134 Å². The Balaban J connectivity index is 1.90. The van der Waals surface area contributed by atoms with Gasteiger partial charge >= 0.3 is 0 Å². The van der Waals surface area contributed by atoms with E-state index in [2.05, 4.69) is 33.4 Å². The van der Waals surface area contributed by atoms with Gasteiger partial charge in [0.15, 0.2) is 0 Å². The lowest BCUT2D eigenvalue weighted by Crippen LogP contribution is -2.07. The molecule has 0 fully saturated rings. The summed E-state index contributed by atoms with van der Waals surface area (Å²) in [6.45, 7) is 6.28. The maximum absolute atomic E-state index is 5.38. The van der Waals surface area contributed by atoms with E-state index in [4.69, 9.17) is 9.26 Å². The van der Waals surface area contributed by atoms with Crippen molar-refractivity contribution in [2.75, 3.05) is 25.1 Å². The molecule has 2 aromatic heterocycles. The number of rotatable bonds is 7. The van der Waals surface area contributed by atoms with Crippen LogP contribution in [0.3, 0.4) is 0 Å². The van der Waals surface area contributed by atoms with Crippen LogP contribution < -0.4 is 5.32 Å². The molecule has 0 amide bonds. The van der Waals surface area contributed by atoms with Crippen molar-refractivity contribution in [3.8, 4) is 11.3 Å². The molecule has 0 radical (unpaired) electrons. The zero-order chi connectivity index (χ0) is 16.1. The standard InChI is InChI=1S/C17H20N4O2/c1-3-22-10-6-9-18-16-14-15(13-8-5-4-7-12(13)2)21-23-17(14)20-11-19-16/h4-5,7-8,11H,3,6,9-10H2,1-2H3,(H,18,19,20). The molecule has 0 bridgehead atoms. The molecule has 0 atom stereocenters. The Hall–Kier alpha value is -2.47. The van der Waals surface area contributed by atoms with Crippen molar-refractivity contribution in [3.05, 3.63) is 36.2 Å². The van der Waals surface area contributed by atoms with E-state index in [1.807, 2.05) is 25.1 Å². The zero-order valence-corrected chi connectivity index (χ0v) is 13.4. The van der Waals surface area contributed by atoms with Crippen LogP contribution in [0.1, 0.15) is 18.9 Å². The van der Waals surface area contributed by atoms with E-state index in [0.717, 1.165) is 54.2 Å². The van der Waals surface area contributed by atoms with Gasteiger partial charge in [-0.2, -0.15) is 4.98 Å². The molecule has 3 rings (SSSR count). The Bertz CT molecular complexity index is 785. The lowest BCUT2D eigenvalue weighted by molar-refractivity contribution is 0.147. The molecule has 1 aromatic carbocycles. The van der Waals surface area contributed by atoms with Crippen LogP contribution in [0, 0.1) is 6.92 Å². The quantitative estimate of drug-likeness (QED) is 0.674. The number of aromatic nitrogens is 3. The van der Waals surface area contributed by atoms with Crippen LogP contribution in [-0.2, 0) is 4.74 Å². The molecule has 23 heavy (non-hydrogen) atoms. The predicted molar refractivity (Wildman–Crippen MR) is 89.4 cm³/mol. The molecule has 0 spiro atoms. The van der Waals surface area contributed by atoms with Crippen LogP contribution in [0.4, 0.5) is 5.82 Å². The molecule has 0 saturated heterocycles. The second-order valence-electron chi connectivity index (χ2n) is 5.23. The van der Waals surface area contributed by atoms with Crippen molar-refractivity contribution in [2.45, 2.75) is 20.3 Å². The molecule has 120 valence electrons. The second kappa shape index (κ2) is 7.19. The number of hydrogen-bond acceptors (Lipinski definition) is 6. The van der Waals surface area contributed by atoms with E-state index in [9.17, 15) is 0 Å². The van der Waals surface area contributed by atoms with Gasteiger partial charge in [0, 0.05) is 25.3 Å². The smallest absolute Gasteiger partial charge is 0.263 e. The highest BCUT2D eigenvalue weighted by molar-refractivity contribution is 5.98. The number of ether oxygens (including phenoxy) is 1. The summed E-state index contributed by atoms with van der Waals surface area (Å²) in [7, 11) is 0. The number of anilines is 1. The van der Waals surface area contributed by atoms with Gasteiger partial charge in [-0.1, -0.05) is 29.4 Å². The van der Waals surface area contributed by atoms with Crippen LogP contribution in [0.15, 0.2) is 35.1 Å². The first kappa shape index (κ1) is 15.4. The Morgan fingerprint density at radius 2 is 2.09 bits per heavy atom. The van der Waals surface area contributed by atoms with Crippen molar-refractivity contribution in [1.82, 2.24) is 15.1 Å². The summed E-state index contributed by atoms with van der Waals surface area (Å²) in [5, 5.41) is 8.35. The SMILES string of the molecule is CCOCCCNc1ncnc2onc(-c3ccccc3C)c12. The first-order chi connectivity index (χ1) is 11.3.